The third kappa shape index (κ3) is 5.18. The quantitative estimate of drug-likeness (QED) is 0.323. The Labute approximate surface area is 198 Å². The summed E-state index contributed by atoms with van der Waals surface area (Å²) in [5, 5.41) is 0.314. The van der Waals surface area contributed by atoms with Gasteiger partial charge in [0.05, 0.1) is 6.61 Å². The van der Waals surface area contributed by atoms with Gasteiger partial charge in [-0.3, -0.25) is 9.59 Å². The summed E-state index contributed by atoms with van der Waals surface area (Å²) in [6.07, 6.45) is -1.01. The molecule has 2 aromatic heterocycles. The Morgan fingerprint density at radius 3 is 2.03 bits per heavy atom. The summed E-state index contributed by atoms with van der Waals surface area (Å²) >= 11 is 0. The molecule has 2 heterocycles. The van der Waals surface area contributed by atoms with Crippen molar-refractivity contribution in [2.45, 2.75) is 26.4 Å². The van der Waals surface area contributed by atoms with Crippen LogP contribution in [0.25, 0.3) is 21.9 Å². The normalized spacial score (nSPS) is 12.0. The maximum Gasteiger partial charge on any atom is 0.374 e. The van der Waals surface area contributed by atoms with E-state index in [1.165, 1.54) is 18.2 Å². The van der Waals surface area contributed by atoms with Gasteiger partial charge in [-0.15, -0.1) is 0 Å². The predicted molar refractivity (Wildman–Crippen MR) is 126 cm³/mol. The number of esters is 1. The van der Waals surface area contributed by atoms with Crippen LogP contribution in [0.5, 0.6) is 11.5 Å². The molecule has 0 amide bonds. The molecule has 0 aliphatic heterocycles. The Morgan fingerprint density at radius 2 is 1.46 bits per heavy atom. The van der Waals surface area contributed by atoms with Crippen LogP contribution in [-0.2, 0) is 11.2 Å². The lowest BCUT2D eigenvalue weighted by Gasteiger charge is -2.14. The van der Waals surface area contributed by atoms with Crippen molar-refractivity contribution in [1.29, 1.82) is 0 Å². The Bertz CT molecular complexity index is 1490. The van der Waals surface area contributed by atoms with E-state index < -0.39 is 24.2 Å². The highest BCUT2D eigenvalue weighted by Gasteiger charge is 2.18. The third-order valence-corrected chi connectivity index (χ3v) is 5.15. The first-order chi connectivity index (χ1) is 16.9. The molecule has 0 N–H and O–H groups in total. The largest absolute Gasteiger partial charge is 0.489 e. The molecule has 2 aromatic carbocycles. The minimum absolute atomic E-state index is 0.0760. The van der Waals surface area contributed by atoms with Gasteiger partial charge in [-0.2, -0.15) is 0 Å². The molecular weight excluding hydrogens is 458 g/mol. The van der Waals surface area contributed by atoms with Crippen molar-refractivity contribution in [2.75, 3.05) is 19.8 Å². The van der Waals surface area contributed by atoms with E-state index in [0.717, 1.165) is 6.07 Å². The highest BCUT2D eigenvalue weighted by molar-refractivity contribution is 5.90. The first-order valence-corrected chi connectivity index (χ1v) is 11.1. The summed E-state index contributed by atoms with van der Waals surface area (Å²) in [6.45, 7) is 2.83. The molecule has 182 valence electrons. The van der Waals surface area contributed by atoms with Gasteiger partial charge >= 0.3 is 5.97 Å². The number of ether oxygens (including phenoxy) is 3. The average Bonchev–Trinajstić information content (AvgIpc) is 2.85. The Hall–Kier alpha value is -4.14. The van der Waals surface area contributed by atoms with Gasteiger partial charge in [0.1, 0.15) is 52.4 Å². The smallest absolute Gasteiger partial charge is 0.374 e. The maximum absolute atomic E-state index is 14.6. The zero-order valence-corrected chi connectivity index (χ0v) is 19.2. The van der Waals surface area contributed by atoms with Crippen molar-refractivity contribution in [3.63, 3.8) is 0 Å². The van der Waals surface area contributed by atoms with Crippen molar-refractivity contribution < 1.29 is 32.2 Å². The number of carbonyl (C=O) groups is 1. The number of hydrogen-bond donors (Lipinski definition) is 0. The second-order valence-electron chi connectivity index (χ2n) is 7.60. The fourth-order valence-corrected chi connectivity index (χ4v) is 3.53. The minimum atomic E-state index is -1.58. The number of halogens is 1. The molecule has 0 saturated heterocycles. The van der Waals surface area contributed by atoms with Crippen molar-refractivity contribution in [1.82, 2.24) is 0 Å². The number of hydrogen-bond acceptors (Lipinski definition) is 8. The van der Waals surface area contributed by atoms with Gasteiger partial charge in [-0.1, -0.05) is 19.1 Å². The van der Waals surface area contributed by atoms with E-state index in [0.29, 0.717) is 17.8 Å². The lowest BCUT2D eigenvalue weighted by molar-refractivity contribution is 0.0490. The van der Waals surface area contributed by atoms with E-state index >= 15 is 0 Å². The number of fused-ring (bicyclic) bond motifs is 2. The molecule has 4 aromatic rings. The van der Waals surface area contributed by atoms with Crippen LogP contribution in [0.3, 0.4) is 0 Å². The van der Waals surface area contributed by atoms with Gasteiger partial charge in [0.15, 0.2) is 17.0 Å². The fourth-order valence-electron chi connectivity index (χ4n) is 3.53. The monoisotopic (exact) mass is 481 g/mol. The van der Waals surface area contributed by atoms with Gasteiger partial charge in [0, 0.05) is 18.6 Å². The molecule has 1 unspecified atom stereocenters. The van der Waals surface area contributed by atoms with Crippen LogP contribution in [0, 0.1) is 0 Å². The molecule has 4 rings (SSSR count). The highest BCUT2D eigenvalue weighted by atomic mass is 18.2. The molecule has 0 spiro atoms. The predicted octanol–water partition coefficient (Wildman–Crippen LogP) is 4.43. The first kappa shape index (κ1) is 24.0. The fraction of sp³-hybridized carbons (Fsp3) is 0.269. The van der Waals surface area contributed by atoms with Crippen LogP contribution in [0.15, 0.2) is 67.0 Å². The number of benzene rings is 2. The van der Waals surface area contributed by atoms with Crippen molar-refractivity contribution in [2.24, 2.45) is 0 Å². The van der Waals surface area contributed by atoms with E-state index in [2.05, 4.69) is 0 Å². The highest BCUT2D eigenvalue weighted by Crippen LogP contribution is 2.25. The first-order valence-electron chi connectivity index (χ1n) is 11.1. The van der Waals surface area contributed by atoms with Crippen LogP contribution < -0.4 is 20.3 Å². The van der Waals surface area contributed by atoms with E-state index in [4.69, 9.17) is 23.0 Å². The zero-order valence-electron chi connectivity index (χ0n) is 19.2. The van der Waals surface area contributed by atoms with Crippen molar-refractivity contribution >= 4 is 27.9 Å². The van der Waals surface area contributed by atoms with Crippen LogP contribution >= 0.6 is 0 Å². The summed E-state index contributed by atoms with van der Waals surface area (Å²) in [6, 6.07) is 11.8. The lowest BCUT2D eigenvalue weighted by Crippen LogP contribution is -2.22. The molecule has 0 aliphatic rings. The average molecular weight is 481 g/mol. The molecule has 0 aliphatic carbocycles. The van der Waals surface area contributed by atoms with Gasteiger partial charge in [-0.25, -0.2) is 9.18 Å². The number of rotatable bonds is 9. The standard InChI is InChI=1S/C26H23FO8/c1-3-16-11-17(28)24-19(7-5-9-21(24)34-16)32-13-15(27)14-33-20-8-6-10-22-25(20)18(29)12-23(35-22)26(30)31-4-2/h5-12,15H,3-4,13-14H2,1-2H3/i27-1. The van der Waals surface area contributed by atoms with E-state index in [1.807, 2.05) is 6.92 Å². The van der Waals surface area contributed by atoms with Gasteiger partial charge in [0.2, 0.25) is 5.76 Å². The van der Waals surface area contributed by atoms with Crippen LogP contribution in [-0.4, -0.2) is 32.0 Å². The molecule has 1 atom stereocenters. The lowest BCUT2D eigenvalue weighted by atomic mass is 10.2. The van der Waals surface area contributed by atoms with E-state index in [-0.39, 0.29) is 52.3 Å². The third-order valence-electron chi connectivity index (χ3n) is 5.15. The van der Waals surface area contributed by atoms with Crippen LogP contribution in [0.4, 0.5) is 4.39 Å². The van der Waals surface area contributed by atoms with E-state index in [9.17, 15) is 18.8 Å². The molecule has 0 fully saturated rings. The molecule has 0 bridgehead atoms. The van der Waals surface area contributed by atoms with Gasteiger partial charge < -0.3 is 23.0 Å². The van der Waals surface area contributed by atoms with Gasteiger partial charge in [-0.05, 0) is 31.2 Å². The number of alkyl halides is 1. The molecule has 0 saturated carbocycles. The minimum Gasteiger partial charge on any atom is -0.489 e. The number of carbonyl (C=O) groups excluding carboxylic acids is 1. The Balaban J connectivity index is 1.47. The molecule has 35 heavy (non-hydrogen) atoms. The molecule has 8 nitrogen and oxygen atoms in total. The van der Waals surface area contributed by atoms with Crippen molar-refractivity contribution in [3.8, 4) is 11.5 Å². The SMILES string of the molecule is CCOC(=O)c1cc(=O)c2c(OCC([18F])COc3cccc4oc(CC)cc(=O)c34)cccc2o1. The maximum atomic E-state index is 14.6. The van der Waals surface area contributed by atoms with Crippen LogP contribution in [0.2, 0.25) is 0 Å². The molecular formula is C26H23FO8. The van der Waals surface area contributed by atoms with Gasteiger partial charge in [0.25, 0.3) is 0 Å². The Kier molecular flexibility index (Phi) is 7.14. The summed E-state index contributed by atoms with van der Waals surface area (Å²) < 4.78 is 41.7. The molecule has 0 radical (unpaired) electrons. The summed E-state index contributed by atoms with van der Waals surface area (Å²) in [5.74, 6) is -0.132. The summed E-state index contributed by atoms with van der Waals surface area (Å²) in [7, 11) is 0. The Morgan fingerprint density at radius 1 is 0.886 bits per heavy atom. The van der Waals surface area contributed by atoms with Crippen molar-refractivity contribution in [3.05, 3.63) is 80.5 Å². The summed E-state index contributed by atoms with van der Waals surface area (Å²) in [5.41, 5.74) is -0.317. The van der Waals surface area contributed by atoms with E-state index in [1.54, 1.807) is 31.2 Å². The topological polar surface area (TPSA) is 105 Å². The molecule has 9 heteroatoms. The zero-order chi connectivity index (χ0) is 24.9. The van der Waals surface area contributed by atoms with Crippen LogP contribution in [0.1, 0.15) is 30.2 Å². The second kappa shape index (κ2) is 10.4. The number of aryl methyl sites for hydroxylation is 1. The summed E-state index contributed by atoms with van der Waals surface area (Å²) in [4.78, 5) is 36.9. The second-order valence-corrected chi connectivity index (χ2v) is 7.60.